The first-order valence-corrected chi connectivity index (χ1v) is 14.2. The van der Waals surface area contributed by atoms with Crippen LogP contribution >= 0.6 is 7.82 Å². The minimum atomic E-state index is -4.29. The number of ether oxygens (including phenoxy) is 1. The van der Waals surface area contributed by atoms with Gasteiger partial charge in [0.15, 0.2) is 0 Å². The number of carbonyl (C=O) groups is 1. The largest absolute Gasteiger partial charge is 0.472 e. The fourth-order valence-electron chi connectivity index (χ4n) is 3.78. The van der Waals surface area contributed by atoms with Crippen molar-refractivity contribution in [3.8, 4) is 0 Å². The van der Waals surface area contributed by atoms with Crippen LogP contribution in [0.15, 0.2) is 58.7 Å². The number of allylic oxidation sites excluding steroid dienone is 9. The zero-order valence-electron chi connectivity index (χ0n) is 23.8. The van der Waals surface area contributed by atoms with E-state index < -0.39 is 26.5 Å². The highest BCUT2D eigenvalue weighted by molar-refractivity contribution is 7.47. The van der Waals surface area contributed by atoms with Crippen LogP contribution in [-0.2, 0) is 23.1 Å². The van der Waals surface area contributed by atoms with Gasteiger partial charge in [-0.1, -0.05) is 55.4 Å². The Morgan fingerprint density at radius 1 is 1.14 bits per heavy atom. The summed E-state index contributed by atoms with van der Waals surface area (Å²) >= 11 is 0. The molecule has 0 fully saturated rings. The summed E-state index contributed by atoms with van der Waals surface area (Å²) in [6.07, 6.45) is 13.6. The van der Waals surface area contributed by atoms with E-state index in [0.29, 0.717) is 16.6 Å². The average molecular weight is 541 g/mol. The van der Waals surface area contributed by atoms with Gasteiger partial charge in [-0.25, -0.2) is 9.36 Å². The number of phosphoric ester groups is 1. The van der Waals surface area contributed by atoms with E-state index in [4.69, 9.17) is 13.8 Å². The van der Waals surface area contributed by atoms with Crippen molar-refractivity contribution in [2.45, 2.75) is 60.0 Å². The first-order valence-electron chi connectivity index (χ1n) is 12.7. The number of rotatable bonds is 14. The quantitative estimate of drug-likeness (QED) is 0.102. The Kier molecular flexibility index (Phi) is 13.4. The van der Waals surface area contributed by atoms with Gasteiger partial charge in [0, 0.05) is 6.08 Å². The normalized spacial score (nSPS) is 19.9. The molecule has 0 aromatic heterocycles. The van der Waals surface area contributed by atoms with Crippen LogP contribution < -0.4 is 0 Å². The van der Waals surface area contributed by atoms with Gasteiger partial charge in [0.25, 0.3) is 0 Å². The third kappa shape index (κ3) is 14.6. The number of carbonyl (C=O) groups excluding carboxylic acids is 1. The number of aliphatic hydroxyl groups excluding tert-OH is 1. The van der Waals surface area contributed by atoms with E-state index in [1.54, 1.807) is 13.0 Å². The van der Waals surface area contributed by atoms with Crippen LogP contribution in [0.4, 0.5) is 0 Å². The summed E-state index contributed by atoms with van der Waals surface area (Å²) < 4.78 is 27.1. The third-order valence-electron chi connectivity index (χ3n) is 5.98. The van der Waals surface area contributed by atoms with Crippen LogP contribution in [0, 0.1) is 5.41 Å². The van der Waals surface area contributed by atoms with Crippen molar-refractivity contribution in [3.63, 3.8) is 0 Å². The summed E-state index contributed by atoms with van der Waals surface area (Å²) in [5.74, 6) is -0.630. The molecule has 0 aromatic carbocycles. The van der Waals surface area contributed by atoms with E-state index in [1.165, 1.54) is 30.1 Å². The van der Waals surface area contributed by atoms with E-state index in [2.05, 4.69) is 32.9 Å². The second kappa shape index (κ2) is 15.0. The number of esters is 1. The highest BCUT2D eigenvalue weighted by Gasteiger charge is 2.26. The van der Waals surface area contributed by atoms with Crippen molar-refractivity contribution in [2.75, 3.05) is 47.5 Å². The molecule has 0 amide bonds. The minimum Gasteiger partial charge on any atom is -0.460 e. The van der Waals surface area contributed by atoms with Crippen molar-refractivity contribution < 1.29 is 37.6 Å². The van der Waals surface area contributed by atoms with Crippen molar-refractivity contribution in [1.82, 2.24) is 0 Å². The van der Waals surface area contributed by atoms with Gasteiger partial charge in [-0.3, -0.25) is 9.05 Å². The summed E-state index contributed by atoms with van der Waals surface area (Å²) in [6.45, 7) is 10.3. The van der Waals surface area contributed by atoms with Gasteiger partial charge < -0.3 is 19.2 Å². The maximum atomic E-state index is 12.0. The molecule has 1 aliphatic rings. The van der Waals surface area contributed by atoms with E-state index >= 15 is 0 Å². The van der Waals surface area contributed by atoms with Gasteiger partial charge in [-0.15, -0.1) is 0 Å². The van der Waals surface area contributed by atoms with Gasteiger partial charge in [0.2, 0.25) is 0 Å². The van der Waals surface area contributed by atoms with Gasteiger partial charge in [0.05, 0.1) is 27.7 Å². The molecule has 1 aliphatic carbocycles. The maximum absolute atomic E-state index is 12.0. The Bertz CT molecular complexity index is 968. The maximum Gasteiger partial charge on any atom is 0.472 e. The number of hydrogen-bond donors (Lipinski definition) is 2. The third-order valence-corrected chi connectivity index (χ3v) is 6.97. The molecule has 0 aromatic rings. The summed E-state index contributed by atoms with van der Waals surface area (Å²) in [5, 5.41) is 9.90. The fourth-order valence-corrected chi connectivity index (χ4v) is 4.53. The fraction of sp³-hybridized carbons (Fsp3) is 0.607. The van der Waals surface area contributed by atoms with Crippen LogP contribution in [0.1, 0.15) is 53.9 Å². The highest BCUT2D eigenvalue weighted by Crippen LogP contribution is 2.43. The predicted molar refractivity (Wildman–Crippen MR) is 148 cm³/mol. The molecule has 0 spiro atoms. The lowest BCUT2D eigenvalue weighted by Crippen LogP contribution is -2.37. The van der Waals surface area contributed by atoms with Gasteiger partial charge in [-0.05, 0) is 56.6 Å². The SMILES string of the molecule is CC1=C(/C=C/C(C)=C/C=C/C(C)=C/C(=O)OCC(O)COP(=O)(O)OCC[N+](C)(C)C)C(C)(C)CCC1. The topological polar surface area (TPSA) is 102 Å². The molecule has 37 heavy (non-hydrogen) atoms. The Balaban J connectivity index is 2.48. The Labute approximate surface area is 223 Å². The first kappa shape index (κ1) is 33.2. The first-order chi connectivity index (χ1) is 17.0. The molecule has 1 rings (SSSR count). The summed E-state index contributed by atoms with van der Waals surface area (Å²) in [7, 11) is 1.47. The lowest BCUT2D eigenvalue weighted by molar-refractivity contribution is -0.870. The monoisotopic (exact) mass is 540 g/mol. The lowest BCUT2D eigenvalue weighted by atomic mass is 9.72. The molecule has 2 N–H and O–H groups in total. The van der Waals surface area contributed by atoms with Crippen LogP contribution in [0.5, 0.6) is 0 Å². The van der Waals surface area contributed by atoms with Crippen LogP contribution in [0.2, 0.25) is 0 Å². The molecule has 0 saturated heterocycles. The molecule has 210 valence electrons. The molecule has 0 radical (unpaired) electrons. The molecule has 0 heterocycles. The van der Waals surface area contributed by atoms with Gasteiger partial charge in [-0.2, -0.15) is 0 Å². The second-order valence-electron chi connectivity index (χ2n) is 11.3. The molecule has 0 aliphatic heterocycles. The molecule has 8 nitrogen and oxygen atoms in total. The number of quaternary nitrogens is 1. The molecule has 9 heteroatoms. The summed E-state index contributed by atoms with van der Waals surface area (Å²) in [6, 6.07) is 0. The van der Waals surface area contributed by atoms with Crippen molar-refractivity contribution >= 4 is 13.8 Å². The molecule has 0 bridgehead atoms. The molecule has 2 atom stereocenters. The van der Waals surface area contributed by atoms with E-state index in [9.17, 15) is 19.4 Å². The Morgan fingerprint density at radius 2 is 1.81 bits per heavy atom. The average Bonchev–Trinajstić information content (AvgIpc) is 2.74. The van der Waals surface area contributed by atoms with Crippen molar-refractivity contribution in [2.24, 2.45) is 5.41 Å². The lowest BCUT2D eigenvalue weighted by Gasteiger charge is -2.32. The highest BCUT2D eigenvalue weighted by atomic mass is 31.2. The Hall–Kier alpha value is -1.80. The van der Waals surface area contributed by atoms with E-state index in [1.807, 2.05) is 40.2 Å². The summed E-state index contributed by atoms with van der Waals surface area (Å²) in [4.78, 5) is 21.7. The molecular formula is C28H47NO7P+. The van der Waals surface area contributed by atoms with Crippen molar-refractivity contribution in [3.05, 3.63) is 58.7 Å². The standard InChI is InChI=1S/C28H46NO7P/c1-22(14-15-26-24(3)13-10-16-28(26,4)5)11-9-12-23(2)19-27(31)34-20-25(30)21-36-37(32,33)35-18-17-29(6,7)8/h9,11-12,14-15,19,25,30H,10,13,16-18,20-21H2,1-8H3/p+1/b12-9+,15-14+,22-11+,23-19+. The van der Waals surface area contributed by atoms with E-state index in [-0.39, 0.29) is 18.6 Å². The predicted octanol–water partition coefficient (Wildman–Crippen LogP) is 5.26. The zero-order chi connectivity index (χ0) is 28.3. The molecule has 2 unspecified atom stereocenters. The number of nitrogens with zero attached hydrogens (tertiary/aromatic N) is 1. The minimum absolute atomic E-state index is 0.0287. The Morgan fingerprint density at radius 3 is 2.43 bits per heavy atom. The smallest absolute Gasteiger partial charge is 0.460 e. The number of aliphatic hydroxyl groups is 1. The number of phosphoric acid groups is 1. The second-order valence-corrected chi connectivity index (χ2v) is 12.8. The summed E-state index contributed by atoms with van der Waals surface area (Å²) in [5.41, 5.74) is 4.85. The van der Waals surface area contributed by atoms with Crippen LogP contribution in [-0.4, -0.2) is 74.1 Å². The number of hydrogen-bond acceptors (Lipinski definition) is 6. The van der Waals surface area contributed by atoms with Crippen LogP contribution in [0.25, 0.3) is 0 Å². The van der Waals surface area contributed by atoms with E-state index in [0.717, 1.165) is 12.0 Å². The van der Waals surface area contributed by atoms with Gasteiger partial charge in [0.1, 0.15) is 25.9 Å². The van der Waals surface area contributed by atoms with Gasteiger partial charge >= 0.3 is 13.8 Å². The molecule has 0 saturated carbocycles. The number of likely N-dealkylation sites (N-methyl/N-ethyl adjacent to an activating group) is 1. The molecular weight excluding hydrogens is 493 g/mol. The zero-order valence-corrected chi connectivity index (χ0v) is 24.7. The van der Waals surface area contributed by atoms with Crippen molar-refractivity contribution in [1.29, 1.82) is 0 Å². The van der Waals surface area contributed by atoms with Crippen LogP contribution in [0.3, 0.4) is 0 Å².